The van der Waals surface area contributed by atoms with Gasteiger partial charge in [0.1, 0.15) is 5.84 Å². The molecule has 1 amide bonds. The molecule has 0 heterocycles. The van der Waals surface area contributed by atoms with E-state index >= 15 is 0 Å². The molecule has 0 radical (unpaired) electrons. The van der Waals surface area contributed by atoms with E-state index in [0.29, 0.717) is 6.54 Å². The summed E-state index contributed by atoms with van der Waals surface area (Å²) in [4.78, 5) is 14.2. The molecular formula is C15H23N3O2. The third-order valence-corrected chi connectivity index (χ3v) is 3.54. The van der Waals surface area contributed by atoms with E-state index in [0.717, 1.165) is 5.56 Å². The van der Waals surface area contributed by atoms with E-state index in [9.17, 15) is 4.79 Å². The molecule has 3 N–H and O–H groups in total. The van der Waals surface area contributed by atoms with Gasteiger partial charge in [-0.2, -0.15) is 0 Å². The first kappa shape index (κ1) is 16.0. The molecule has 0 bridgehead atoms. The summed E-state index contributed by atoms with van der Waals surface area (Å²) in [5.74, 6) is -0.0658. The van der Waals surface area contributed by atoms with Crippen molar-refractivity contribution in [3.63, 3.8) is 0 Å². The fraction of sp³-hybridized carbons (Fsp3) is 0.467. The highest BCUT2D eigenvalue weighted by atomic mass is 16.4. The Morgan fingerprint density at radius 2 is 1.95 bits per heavy atom. The molecule has 0 fully saturated rings. The van der Waals surface area contributed by atoms with Crippen LogP contribution in [-0.2, 0) is 10.2 Å². The summed E-state index contributed by atoms with van der Waals surface area (Å²) in [5, 5.41) is 11.6. The number of amidine groups is 1. The summed E-state index contributed by atoms with van der Waals surface area (Å²) >= 11 is 0. The van der Waals surface area contributed by atoms with Gasteiger partial charge in [0.05, 0.1) is 5.41 Å². The summed E-state index contributed by atoms with van der Waals surface area (Å²) in [6.07, 6.45) is 0. The summed E-state index contributed by atoms with van der Waals surface area (Å²) < 4.78 is 0. The van der Waals surface area contributed by atoms with Crippen LogP contribution in [0.15, 0.2) is 35.5 Å². The maximum absolute atomic E-state index is 12.6. The van der Waals surface area contributed by atoms with Crippen molar-refractivity contribution in [3.8, 4) is 0 Å². The van der Waals surface area contributed by atoms with Gasteiger partial charge in [-0.15, -0.1) is 0 Å². The molecule has 0 aliphatic carbocycles. The highest BCUT2D eigenvalue weighted by Gasteiger charge is 2.32. The Bertz CT molecular complexity index is 483. The zero-order chi connectivity index (χ0) is 15.3. The zero-order valence-electron chi connectivity index (χ0n) is 12.5. The SMILES string of the molecule is CC(CN(C)C(=O)C(C)(C)c1ccccc1)C(N)=NO. The Morgan fingerprint density at radius 3 is 2.45 bits per heavy atom. The van der Waals surface area contributed by atoms with Crippen LogP contribution in [0, 0.1) is 5.92 Å². The van der Waals surface area contributed by atoms with Crippen LogP contribution in [0.2, 0.25) is 0 Å². The molecular weight excluding hydrogens is 254 g/mol. The fourth-order valence-corrected chi connectivity index (χ4v) is 2.14. The van der Waals surface area contributed by atoms with Gasteiger partial charge < -0.3 is 15.8 Å². The molecule has 1 unspecified atom stereocenters. The minimum absolute atomic E-state index is 0.00119. The Morgan fingerprint density at radius 1 is 1.40 bits per heavy atom. The Kier molecular flexibility index (Phi) is 5.13. The lowest BCUT2D eigenvalue weighted by atomic mass is 9.83. The Labute approximate surface area is 120 Å². The Balaban J connectivity index is 2.83. The number of benzene rings is 1. The molecule has 0 aliphatic rings. The highest BCUT2D eigenvalue weighted by Crippen LogP contribution is 2.25. The third-order valence-electron chi connectivity index (χ3n) is 3.54. The maximum Gasteiger partial charge on any atom is 0.232 e. The first-order chi connectivity index (χ1) is 9.30. The van der Waals surface area contributed by atoms with E-state index in [2.05, 4.69) is 5.16 Å². The summed E-state index contributed by atoms with van der Waals surface area (Å²) in [7, 11) is 1.73. The average Bonchev–Trinajstić information content (AvgIpc) is 2.46. The molecule has 5 nitrogen and oxygen atoms in total. The lowest BCUT2D eigenvalue weighted by Gasteiger charge is -2.31. The van der Waals surface area contributed by atoms with E-state index in [1.807, 2.05) is 51.1 Å². The lowest BCUT2D eigenvalue weighted by Crippen LogP contribution is -2.44. The normalized spacial score (nSPS) is 13.9. The van der Waals surface area contributed by atoms with Crippen LogP contribution in [0.25, 0.3) is 0 Å². The van der Waals surface area contributed by atoms with Gasteiger partial charge in [0, 0.05) is 19.5 Å². The Hall–Kier alpha value is -2.04. The molecule has 1 aromatic rings. The number of nitrogens with two attached hydrogens (primary N) is 1. The van der Waals surface area contributed by atoms with Crippen LogP contribution in [0.1, 0.15) is 26.3 Å². The average molecular weight is 277 g/mol. The van der Waals surface area contributed by atoms with E-state index in [1.165, 1.54) is 0 Å². The van der Waals surface area contributed by atoms with Crippen molar-refractivity contribution < 1.29 is 10.0 Å². The van der Waals surface area contributed by atoms with Crippen LogP contribution in [0.5, 0.6) is 0 Å². The predicted octanol–water partition coefficient (Wildman–Crippen LogP) is 1.81. The van der Waals surface area contributed by atoms with E-state index in [4.69, 9.17) is 10.9 Å². The van der Waals surface area contributed by atoms with Gasteiger partial charge in [0.25, 0.3) is 0 Å². The molecule has 1 atom stereocenters. The molecule has 20 heavy (non-hydrogen) atoms. The maximum atomic E-state index is 12.6. The second-order valence-corrected chi connectivity index (χ2v) is 5.60. The van der Waals surface area contributed by atoms with Crippen LogP contribution in [0.3, 0.4) is 0 Å². The van der Waals surface area contributed by atoms with Crippen LogP contribution >= 0.6 is 0 Å². The predicted molar refractivity (Wildman–Crippen MR) is 79.7 cm³/mol. The van der Waals surface area contributed by atoms with Crippen LogP contribution in [-0.4, -0.2) is 35.4 Å². The first-order valence-corrected chi connectivity index (χ1v) is 6.59. The van der Waals surface area contributed by atoms with Crippen LogP contribution < -0.4 is 5.73 Å². The van der Waals surface area contributed by atoms with Gasteiger partial charge in [-0.25, -0.2) is 0 Å². The standard InChI is InChI=1S/C15H23N3O2/c1-11(13(16)17-20)10-18(4)14(19)15(2,3)12-8-6-5-7-9-12/h5-9,11,20H,10H2,1-4H3,(H2,16,17). The molecule has 1 rings (SSSR count). The number of carbonyl (C=O) groups is 1. The molecule has 0 saturated heterocycles. The lowest BCUT2D eigenvalue weighted by molar-refractivity contribution is -0.135. The van der Waals surface area contributed by atoms with Crippen molar-refractivity contribution >= 4 is 11.7 Å². The van der Waals surface area contributed by atoms with Gasteiger partial charge in [-0.05, 0) is 19.4 Å². The minimum Gasteiger partial charge on any atom is -0.409 e. The number of likely N-dealkylation sites (N-methyl/N-ethyl adjacent to an activating group) is 1. The molecule has 110 valence electrons. The van der Waals surface area contributed by atoms with Crippen LogP contribution in [0.4, 0.5) is 0 Å². The number of hydrogen-bond acceptors (Lipinski definition) is 3. The van der Waals surface area contributed by atoms with Gasteiger partial charge in [-0.3, -0.25) is 4.79 Å². The number of nitrogens with zero attached hydrogens (tertiary/aromatic N) is 2. The van der Waals surface area contributed by atoms with Crippen molar-refractivity contribution in [2.24, 2.45) is 16.8 Å². The second kappa shape index (κ2) is 6.41. The number of oxime groups is 1. The smallest absolute Gasteiger partial charge is 0.232 e. The number of hydrogen-bond donors (Lipinski definition) is 2. The van der Waals surface area contributed by atoms with E-state index in [1.54, 1.807) is 11.9 Å². The van der Waals surface area contributed by atoms with Gasteiger partial charge >= 0.3 is 0 Å². The minimum atomic E-state index is -0.610. The van der Waals surface area contributed by atoms with Gasteiger partial charge in [0.2, 0.25) is 5.91 Å². The zero-order valence-corrected chi connectivity index (χ0v) is 12.5. The quantitative estimate of drug-likeness (QED) is 0.373. The molecule has 0 aliphatic heterocycles. The number of amides is 1. The van der Waals surface area contributed by atoms with E-state index < -0.39 is 5.41 Å². The molecule has 0 spiro atoms. The molecule has 0 saturated carbocycles. The van der Waals surface area contributed by atoms with Crippen molar-refractivity contribution in [2.75, 3.05) is 13.6 Å². The van der Waals surface area contributed by atoms with E-state index in [-0.39, 0.29) is 17.7 Å². The fourth-order valence-electron chi connectivity index (χ4n) is 2.14. The summed E-state index contributed by atoms with van der Waals surface area (Å²) in [6.45, 7) is 6.02. The second-order valence-electron chi connectivity index (χ2n) is 5.60. The summed E-state index contributed by atoms with van der Waals surface area (Å²) in [5.41, 5.74) is 5.90. The first-order valence-electron chi connectivity index (χ1n) is 6.59. The van der Waals surface area contributed by atoms with Crippen molar-refractivity contribution in [3.05, 3.63) is 35.9 Å². The highest BCUT2D eigenvalue weighted by molar-refractivity contribution is 5.88. The monoisotopic (exact) mass is 277 g/mol. The number of carbonyl (C=O) groups excluding carboxylic acids is 1. The topological polar surface area (TPSA) is 78.9 Å². The molecule has 1 aromatic carbocycles. The molecule has 5 heteroatoms. The summed E-state index contributed by atoms with van der Waals surface area (Å²) in [6, 6.07) is 9.65. The van der Waals surface area contributed by atoms with Gasteiger partial charge in [0.15, 0.2) is 0 Å². The van der Waals surface area contributed by atoms with Crippen molar-refractivity contribution in [1.82, 2.24) is 4.90 Å². The number of rotatable bonds is 5. The third kappa shape index (κ3) is 3.50. The largest absolute Gasteiger partial charge is 0.409 e. The van der Waals surface area contributed by atoms with Gasteiger partial charge in [-0.1, -0.05) is 42.4 Å². The van der Waals surface area contributed by atoms with Crippen molar-refractivity contribution in [2.45, 2.75) is 26.2 Å². The molecule has 0 aromatic heterocycles. The van der Waals surface area contributed by atoms with Crippen molar-refractivity contribution in [1.29, 1.82) is 0 Å².